The topological polar surface area (TPSA) is 127 Å². The molecule has 128 valence electrons. The summed E-state index contributed by atoms with van der Waals surface area (Å²) in [7, 11) is -3.80. The van der Waals surface area contributed by atoms with Gasteiger partial charge in [0.25, 0.3) is 15.9 Å². The van der Waals surface area contributed by atoms with Crippen molar-refractivity contribution in [2.24, 2.45) is 0 Å². The van der Waals surface area contributed by atoms with E-state index >= 15 is 0 Å². The van der Waals surface area contributed by atoms with E-state index in [-0.39, 0.29) is 16.4 Å². The highest BCUT2D eigenvalue weighted by atomic mass is 32.2. The molecule has 0 bridgehead atoms. The summed E-state index contributed by atoms with van der Waals surface area (Å²) in [5, 5.41) is 6.19. The summed E-state index contributed by atoms with van der Waals surface area (Å²) in [4.78, 5) is 19.7. The highest BCUT2D eigenvalue weighted by molar-refractivity contribution is 7.92. The first-order chi connectivity index (χ1) is 11.9. The second-order valence-corrected chi connectivity index (χ2v) is 6.68. The Hall–Kier alpha value is -3.27. The van der Waals surface area contributed by atoms with Crippen LogP contribution in [0.1, 0.15) is 16.2 Å². The molecular weight excluding hydrogens is 346 g/mol. The van der Waals surface area contributed by atoms with Crippen LogP contribution in [-0.4, -0.2) is 29.4 Å². The minimum absolute atomic E-state index is 0.0191. The van der Waals surface area contributed by atoms with E-state index in [1.807, 2.05) is 0 Å². The van der Waals surface area contributed by atoms with E-state index in [0.29, 0.717) is 11.4 Å². The predicted octanol–water partition coefficient (Wildman–Crippen LogP) is 1.83. The van der Waals surface area contributed by atoms with Gasteiger partial charge in [0.2, 0.25) is 0 Å². The zero-order valence-electron chi connectivity index (χ0n) is 13.0. The summed E-state index contributed by atoms with van der Waals surface area (Å²) >= 11 is 0. The van der Waals surface area contributed by atoms with Gasteiger partial charge in [-0.1, -0.05) is 5.16 Å². The largest absolute Gasteiger partial charge is 0.360 e. The minimum atomic E-state index is -3.80. The van der Waals surface area contributed by atoms with Crippen molar-refractivity contribution < 1.29 is 17.7 Å². The molecule has 0 saturated carbocycles. The lowest BCUT2D eigenvalue weighted by Crippen LogP contribution is -2.15. The SMILES string of the molecule is Cc1cc(NS(=O)(=O)c2ccc(NC(=O)c3cnccn3)cc2)no1. The van der Waals surface area contributed by atoms with E-state index in [0.717, 1.165) is 0 Å². The molecule has 0 unspecified atom stereocenters. The van der Waals surface area contributed by atoms with Gasteiger partial charge < -0.3 is 9.84 Å². The van der Waals surface area contributed by atoms with Gasteiger partial charge >= 0.3 is 0 Å². The van der Waals surface area contributed by atoms with Gasteiger partial charge in [0.15, 0.2) is 5.82 Å². The van der Waals surface area contributed by atoms with Crippen molar-refractivity contribution in [3.05, 3.63) is 60.4 Å². The molecule has 0 fully saturated rings. The van der Waals surface area contributed by atoms with Gasteiger partial charge in [-0.2, -0.15) is 0 Å². The molecule has 0 aliphatic rings. The minimum Gasteiger partial charge on any atom is -0.360 e. The molecule has 0 spiro atoms. The summed E-state index contributed by atoms with van der Waals surface area (Å²) in [5.41, 5.74) is 0.578. The number of hydrogen-bond acceptors (Lipinski definition) is 7. The summed E-state index contributed by atoms with van der Waals surface area (Å²) < 4.78 is 31.7. The number of nitrogens with zero attached hydrogens (tertiary/aromatic N) is 3. The lowest BCUT2D eigenvalue weighted by Gasteiger charge is -2.07. The van der Waals surface area contributed by atoms with Gasteiger partial charge in [0, 0.05) is 24.1 Å². The molecule has 10 heteroatoms. The zero-order valence-corrected chi connectivity index (χ0v) is 13.8. The van der Waals surface area contributed by atoms with Crippen molar-refractivity contribution in [1.82, 2.24) is 15.1 Å². The van der Waals surface area contributed by atoms with E-state index in [2.05, 4.69) is 25.2 Å². The number of benzene rings is 1. The highest BCUT2D eigenvalue weighted by Gasteiger charge is 2.16. The standard InChI is InChI=1S/C15H13N5O4S/c1-10-8-14(19-24-10)20-25(22,23)12-4-2-11(3-5-12)18-15(21)13-9-16-6-7-17-13/h2-9H,1H3,(H,18,21)(H,19,20). The second kappa shape index (κ2) is 6.69. The van der Waals surface area contributed by atoms with E-state index in [9.17, 15) is 13.2 Å². The number of sulfonamides is 1. The molecule has 3 rings (SSSR count). The highest BCUT2D eigenvalue weighted by Crippen LogP contribution is 2.18. The lowest BCUT2D eigenvalue weighted by atomic mass is 10.3. The molecule has 0 aliphatic carbocycles. The number of nitrogens with one attached hydrogen (secondary N) is 2. The van der Waals surface area contributed by atoms with Crippen LogP contribution in [0.2, 0.25) is 0 Å². The maximum atomic E-state index is 12.3. The second-order valence-electron chi connectivity index (χ2n) is 5.00. The normalized spacial score (nSPS) is 11.1. The Labute approximate surface area is 143 Å². The Kier molecular flexibility index (Phi) is 4.44. The van der Waals surface area contributed by atoms with Gasteiger partial charge in [-0.05, 0) is 31.2 Å². The third-order valence-corrected chi connectivity index (χ3v) is 4.46. The van der Waals surface area contributed by atoms with E-state index in [4.69, 9.17) is 4.52 Å². The molecular formula is C15H13N5O4S. The summed E-state index contributed by atoms with van der Waals surface area (Å²) in [5.74, 6) is 0.136. The molecule has 2 N–H and O–H groups in total. The van der Waals surface area contributed by atoms with Crippen LogP contribution in [0, 0.1) is 6.92 Å². The van der Waals surface area contributed by atoms with Gasteiger partial charge in [-0.15, -0.1) is 0 Å². The van der Waals surface area contributed by atoms with Crippen molar-refractivity contribution in [3.8, 4) is 0 Å². The number of carbonyl (C=O) groups excluding carboxylic acids is 1. The summed E-state index contributed by atoms with van der Waals surface area (Å²) in [6, 6.07) is 7.13. The molecule has 0 atom stereocenters. The number of amides is 1. The molecule has 0 radical (unpaired) electrons. The molecule has 2 aromatic heterocycles. The average Bonchev–Trinajstić information content (AvgIpc) is 3.00. The molecule has 1 aromatic carbocycles. The third kappa shape index (κ3) is 3.98. The van der Waals surface area contributed by atoms with E-state index in [1.54, 1.807) is 6.92 Å². The molecule has 25 heavy (non-hydrogen) atoms. The van der Waals surface area contributed by atoms with Crippen LogP contribution in [0.5, 0.6) is 0 Å². The van der Waals surface area contributed by atoms with Gasteiger partial charge in [0.1, 0.15) is 11.5 Å². The maximum Gasteiger partial charge on any atom is 0.275 e. The van der Waals surface area contributed by atoms with Crippen LogP contribution < -0.4 is 10.0 Å². The van der Waals surface area contributed by atoms with Crippen LogP contribution >= 0.6 is 0 Å². The van der Waals surface area contributed by atoms with Crippen molar-refractivity contribution in [3.63, 3.8) is 0 Å². The summed E-state index contributed by atoms with van der Waals surface area (Å²) in [6.07, 6.45) is 4.19. The quantitative estimate of drug-likeness (QED) is 0.711. The van der Waals surface area contributed by atoms with Crippen LogP contribution in [-0.2, 0) is 10.0 Å². The first kappa shape index (κ1) is 16.6. The molecule has 3 aromatic rings. The van der Waals surface area contributed by atoms with Crippen molar-refractivity contribution >= 4 is 27.4 Å². The van der Waals surface area contributed by atoms with E-state index < -0.39 is 15.9 Å². The van der Waals surface area contributed by atoms with E-state index in [1.165, 1.54) is 48.9 Å². The van der Waals surface area contributed by atoms with Crippen LogP contribution in [0.15, 0.2) is 58.3 Å². The van der Waals surface area contributed by atoms with Crippen molar-refractivity contribution in [1.29, 1.82) is 0 Å². The average molecular weight is 359 g/mol. The molecule has 9 nitrogen and oxygen atoms in total. The molecule has 1 amide bonds. The lowest BCUT2D eigenvalue weighted by molar-refractivity contribution is 0.102. The molecule has 2 heterocycles. The van der Waals surface area contributed by atoms with Crippen LogP contribution in [0.3, 0.4) is 0 Å². The third-order valence-electron chi connectivity index (χ3n) is 3.09. The van der Waals surface area contributed by atoms with Gasteiger partial charge in [0.05, 0.1) is 11.1 Å². The number of aryl methyl sites for hydroxylation is 1. The fraction of sp³-hybridized carbons (Fsp3) is 0.0667. The maximum absolute atomic E-state index is 12.3. The number of carbonyl (C=O) groups is 1. The number of hydrogen-bond donors (Lipinski definition) is 2. The Morgan fingerprint density at radius 1 is 1.16 bits per heavy atom. The fourth-order valence-electron chi connectivity index (χ4n) is 1.94. The Morgan fingerprint density at radius 2 is 1.92 bits per heavy atom. The smallest absolute Gasteiger partial charge is 0.275 e. The van der Waals surface area contributed by atoms with Crippen molar-refractivity contribution in [2.75, 3.05) is 10.0 Å². The van der Waals surface area contributed by atoms with Crippen molar-refractivity contribution in [2.45, 2.75) is 11.8 Å². The monoisotopic (exact) mass is 359 g/mol. The van der Waals surface area contributed by atoms with Gasteiger partial charge in [-0.3, -0.25) is 14.5 Å². The number of rotatable bonds is 5. The Morgan fingerprint density at radius 3 is 2.52 bits per heavy atom. The Balaban J connectivity index is 1.72. The molecule has 0 saturated heterocycles. The predicted molar refractivity (Wildman–Crippen MR) is 88.5 cm³/mol. The van der Waals surface area contributed by atoms with Gasteiger partial charge in [-0.25, -0.2) is 13.4 Å². The first-order valence-electron chi connectivity index (χ1n) is 7.07. The zero-order chi connectivity index (χ0) is 17.9. The first-order valence-corrected chi connectivity index (χ1v) is 8.56. The van der Waals surface area contributed by atoms with Crippen LogP contribution in [0.4, 0.5) is 11.5 Å². The molecule has 0 aliphatic heterocycles. The Bertz CT molecular complexity index is 984. The van der Waals surface area contributed by atoms with Crippen LogP contribution in [0.25, 0.3) is 0 Å². The summed E-state index contributed by atoms with van der Waals surface area (Å²) in [6.45, 7) is 1.65. The fourth-order valence-corrected chi connectivity index (χ4v) is 2.92. The number of anilines is 2. The number of aromatic nitrogens is 3.